The van der Waals surface area contributed by atoms with Crippen LogP contribution in [0.5, 0.6) is 0 Å². The Morgan fingerprint density at radius 2 is 1.73 bits per heavy atom. The normalized spacial score (nSPS) is 19.2. The molecule has 2 heterocycles. The van der Waals surface area contributed by atoms with E-state index in [2.05, 4.69) is 17.9 Å². The number of carbonyl (C=O) groups is 2. The molecule has 1 fully saturated rings. The van der Waals surface area contributed by atoms with Crippen LogP contribution >= 0.6 is 0 Å². The summed E-state index contributed by atoms with van der Waals surface area (Å²) >= 11 is 0. The number of hydrogen-bond acceptors (Lipinski definition) is 3. The van der Waals surface area contributed by atoms with Crippen molar-refractivity contribution in [1.82, 2.24) is 4.90 Å². The summed E-state index contributed by atoms with van der Waals surface area (Å²) in [7, 11) is 0. The lowest BCUT2D eigenvalue weighted by molar-refractivity contribution is -0.122. The van der Waals surface area contributed by atoms with Gasteiger partial charge in [-0.3, -0.25) is 9.59 Å². The van der Waals surface area contributed by atoms with E-state index in [0.29, 0.717) is 12.1 Å². The summed E-state index contributed by atoms with van der Waals surface area (Å²) in [6.45, 7) is 9.22. The van der Waals surface area contributed by atoms with Crippen LogP contribution in [0.15, 0.2) is 42.5 Å². The van der Waals surface area contributed by atoms with Gasteiger partial charge in [0, 0.05) is 30.3 Å². The first-order valence-corrected chi connectivity index (χ1v) is 10.7. The number of carbonyl (C=O) groups excluding carboxylic acids is 2. The molecule has 0 saturated carbocycles. The quantitative estimate of drug-likeness (QED) is 0.691. The fourth-order valence-corrected chi connectivity index (χ4v) is 4.98. The summed E-state index contributed by atoms with van der Waals surface area (Å²) in [4.78, 5) is 30.0. The van der Waals surface area contributed by atoms with Gasteiger partial charge in [0.05, 0.1) is 5.41 Å². The molecule has 1 amide bonds. The third-order valence-electron chi connectivity index (χ3n) is 6.67. The molecule has 0 aliphatic carbocycles. The molecule has 0 radical (unpaired) electrons. The molecule has 158 valence electrons. The lowest BCUT2D eigenvalue weighted by Crippen LogP contribution is -2.43. The van der Waals surface area contributed by atoms with Gasteiger partial charge in [-0.05, 0) is 88.2 Å². The Hall–Kier alpha value is -2.53. The summed E-state index contributed by atoms with van der Waals surface area (Å²) in [6.07, 6.45) is 1.59. The Bertz CT molecular complexity index is 960. The molecule has 2 aromatic carbocycles. The number of amides is 1. The van der Waals surface area contributed by atoms with Gasteiger partial charge in [-0.1, -0.05) is 12.1 Å². The van der Waals surface area contributed by atoms with E-state index < -0.39 is 5.41 Å². The first-order valence-electron chi connectivity index (χ1n) is 10.7. The summed E-state index contributed by atoms with van der Waals surface area (Å²) in [6, 6.07) is 12.0. The molecule has 0 unspecified atom stereocenters. The number of halogens is 1. The van der Waals surface area contributed by atoms with E-state index in [1.165, 1.54) is 12.1 Å². The molecule has 0 bridgehead atoms. The number of hydrogen-bond donors (Lipinski definition) is 0. The Morgan fingerprint density at radius 1 is 1.07 bits per heavy atom. The van der Waals surface area contributed by atoms with E-state index in [9.17, 15) is 14.0 Å². The minimum Gasteiger partial charge on any atom is -0.310 e. The predicted octanol–water partition coefficient (Wildman–Crippen LogP) is 4.35. The number of fused-ring (bicyclic) bond motifs is 1. The number of rotatable bonds is 5. The molecule has 1 saturated heterocycles. The maximum atomic E-state index is 13.1. The second kappa shape index (κ2) is 7.95. The number of nitrogens with zero attached hydrogens (tertiary/aromatic N) is 2. The van der Waals surface area contributed by atoms with Gasteiger partial charge in [-0.25, -0.2) is 4.39 Å². The van der Waals surface area contributed by atoms with Crippen molar-refractivity contribution in [3.8, 4) is 0 Å². The zero-order valence-corrected chi connectivity index (χ0v) is 18.0. The van der Waals surface area contributed by atoms with Gasteiger partial charge in [0.1, 0.15) is 5.82 Å². The average molecular weight is 409 g/mol. The monoisotopic (exact) mass is 408 g/mol. The second-order valence-corrected chi connectivity index (χ2v) is 9.04. The lowest BCUT2D eigenvalue weighted by Gasteiger charge is -2.32. The highest BCUT2D eigenvalue weighted by molar-refractivity contribution is 6.08. The maximum Gasteiger partial charge on any atom is 0.237 e. The van der Waals surface area contributed by atoms with Gasteiger partial charge < -0.3 is 9.80 Å². The van der Waals surface area contributed by atoms with E-state index in [1.807, 2.05) is 30.9 Å². The molecule has 0 N–H and O–H groups in total. The number of aryl methyl sites for hydroxylation is 1. The molecule has 4 rings (SSSR count). The van der Waals surface area contributed by atoms with Crippen LogP contribution in [0, 0.1) is 18.7 Å². The highest BCUT2D eigenvalue weighted by Crippen LogP contribution is 2.43. The van der Waals surface area contributed by atoms with Crippen LogP contribution in [0.25, 0.3) is 0 Å². The van der Waals surface area contributed by atoms with Crippen molar-refractivity contribution in [2.24, 2.45) is 5.92 Å². The molecule has 30 heavy (non-hydrogen) atoms. The van der Waals surface area contributed by atoms with Crippen LogP contribution in [0.4, 0.5) is 10.1 Å². The highest BCUT2D eigenvalue weighted by atomic mass is 19.1. The SMILES string of the molecule is Cc1cccc2c1C(C)(C)C(=O)N2CCN1CCC(C(=O)c2ccc(F)cc2)CC1. The van der Waals surface area contributed by atoms with Crippen LogP contribution in [-0.2, 0) is 10.2 Å². The fourth-order valence-electron chi connectivity index (χ4n) is 4.98. The van der Waals surface area contributed by atoms with Gasteiger partial charge >= 0.3 is 0 Å². The summed E-state index contributed by atoms with van der Waals surface area (Å²) in [5.74, 6) is -0.0658. The number of anilines is 1. The zero-order chi connectivity index (χ0) is 21.5. The number of likely N-dealkylation sites (tertiary alicyclic amines) is 1. The minimum absolute atomic E-state index is 0.0116. The van der Waals surface area contributed by atoms with Crippen LogP contribution < -0.4 is 4.90 Å². The Morgan fingerprint density at radius 3 is 2.40 bits per heavy atom. The first kappa shape index (κ1) is 20.7. The van der Waals surface area contributed by atoms with Crippen LogP contribution in [0.1, 0.15) is 48.2 Å². The molecule has 2 aromatic rings. The van der Waals surface area contributed by atoms with E-state index in [1.54, 1.807) is 12.1 Å². The van der Waals surface area contributed by atoms with E-state index in [4.69, 9.17) is 0 Å². The van der Waals surface area contributed by atoms with Crippen LogP contribution in [0.2, 0.25) is 0 Å². The number of benzene rings is 2. The van der Waals surface area contributed by atoms with Crippen molar-refractivity contribution in [3.05, 3.63) is 65.0 Å². The fraction of sp³-hybridized carbons (Fsp3) is 0.440. The third kappa shape index (κ3) is 3.67. The number of Topliss-reactive ketones (excluding diaryl/α,β-unsaturated/α-hetero) is 1. The number of ketones is 1. The third-order valence-corrected chi connectivity index (χ3v) is 6.67. The first-order chi connectivity index (χ1) is 14.3. The van der Waals surface area contributed by atoms with Crippen molar-refractivity contribution in [2.75, 3.05) is 31.1 Å². The Balaban J connectivity index is 1.35. The Labute approximate surface area is 177 Å². The summed E-state index contributed by atoms with van der Waals surface area (Å²) < 4.78 is 13.1. The molecule has 0 spiro atoms. The topological polar surface area (TPSA) is 40.6 Å². The molecule has 2 aliphatic rings. The van der Waals surface area contributed by atoms with Gasteiger partial charge in [-0.2, -0.15) is 0 Å². The van der Waals surface area contributed by atoms with Crippen molar-refractivity contribution in [1.29, 1.82) is 0 Å². The Kier molecular flexibility index (Phi) is 5.49. The molecule has 0 aromatic heterocycles. The second-order valence-electron chi connectivity index (χ2n) is 9.04. The van der Waals surface area contributed by atoms with Crippen molar-refractivity contribution >= 4 is 17.4 Å². The predicted molar refractivity (Wildman–Crippen MR) is 116 cm³/mol. The average Bonchev–Trinajstić information content (AvgIpc) is 2.93. The lowest BCUT2D eigenvalue weighted by atomic mass is 9.83. The molecule has 4 nitrogen and oxygen atoms in total. The standard InChI is InChI=1S/C25H29FN2O2/c1-17-5-4-6-21-22(17)25(2,3)24(30)28(21)16-15-27-13-11-19(12-14-27)23(29)18-7-9-20(26)10-8-18/h4-10,19H,11-16H2,1-3H3. The van der Waals surface area contributed by atoms with Crippen molar-refractivity contribution < 1.29 is 14.0 Å². The van der Waals surface area contributed by atoms with Gasteiger partial charge in [-0.15, -0.1) is 0 Å². The van der Waals surface area contributed by atoms with Gasteiger partial charge in [0.15, 0.2) is 5.78 Å². The van der Waals surface area contributed by atoms with Crippen LogP contribution in [0.3, 0.4) is 0 Å². The smallest absolute Gasteiger partial charge is 0.237 e. The van der Waals surface area contributed by atoms with E-state index in [0.717, 1.165) is 49.3 Å². The number of piperidine rings is 1. The summed E-state index contributed by atoms with van der Waals surface area (Å²) in [5, 5.41) is 0. The summed E-state index contributed by atoms with van der Waals surface area (Å²) in [5.41, 5.74) is 3.43. The van der Waals surface area contributed by atoms with Gasteiger partial charge in [0.2, 0.25) is 5.91 Å². The van der Waals surface area contributed by atoms with Crippen molar-refractivity contribution in [2.45, 2.75) is 39.0 Å². The van der Waals surface area contributed by atoms with Crippen LogP contribution in [-0.4, -0.2) is 42.8 Å². The molecular formula is C25H29FN2O2. The minimum atomic E-state index is -0.491. The van der Waals surface area contributed by atoms with E-state index >= 15 is 0 Å². The molecule has 2 aliphatic heterocycles. The molecule has 0 atom stereocenters. The largest absolute Gasteiger partial charge is 0.310 e. The highest BCUT2D eigenvalue weighted by Gasteiger charge is 2.44. The zero-order valence-electron chi connectivity index (χ0n) is 18.0. The van der Waals surface area contributed by atoms with Gasteiger partial charge in [0.25, 0.3) is 0 Å². The molecule has 5 heteroatoms. The molecular weight excluding hydrogens is 379 g/mol. The van der Waals surface area contributed by atoms with Crippen molar-refractivity contribution in [3.63, 3.8) is 0 Å². The maximum absolute atomic E-state index is 13.1. The van der Waals surface area contributed by atoms with E-state index in [-0.39, 0.29) is 23.4 Å².